The summed E-state index contributed by atoms with van der Waals surface area (Å²) in [5.74, 6) is -0.131. The molecule has 0 aliphatic carbocycles. The SMILES string of the molecule is Cc1cc(F)ccc1CCNC(=O)N[C@H]1CCC(=O)N(C)C1. The molecular formula is C16H22FN3O2. The first-order valence-electron chi connectivity index (χ1n) is 7.49. The van der Waals surface area contributed by atoms with Crippen LogP contribution in [0.2, 0.25) is 0 Å². The fraction of sp³-hybridized carbons (Fsp3) is 0.500. The average Bonchev–Trinajstić information content (AvgIpc) is 2.45. The van der Waals surface area contributed by atoms with Crippen molar-refractivity contribution in [2.24, 2.45) is 0 Å². The lowest BCUT2D eigenvalue weighted by Crippen LogP contribution is -2.51. The monoisotopic (exact) mass is 307 g/mol. The van der Waals surface area contributed by atoms with Crippen LogP contribution < -0.4 is 10.6 Å². The Labute approximate surface area is 129 Å². The number of carbonyl (C=O) groups excluding carboxylic acids is 2. The molecule has 1 atom stereocenters. The van der Waals surface area contributed by atoms with Gasteiger partial charge < -0.3 is 15.5 Å². The molecule has 0 saturated carbocycles. The van der Waals surface area contributed by atoms with Gasteiger partial charge in [0.25, 0.3) is 0 Å². The lowest BCUT2D eigenvalue weighted by Gasteiger charge is -2.30. The molecule has 1 aromatic rings. The molecule has 22 heavy (non-hydrogen) atoms. The smallest absolute Gasteiger partial charge is 0.315 e. The van der Waals surface area contributed by atoms with Crippen molar-refractivity contribution >= 4 is 11.9 Å². The summed E-state index contributed by atoms with van der Waals surface area (Å²) in [6, 6.07) is 4.43. The molecule has 2 N–H and O–H groups in total. The molecule has 0 bridgehead atoms. The third-order valence-corrected chi connectivity index (χ3v) is 3.95. The lowest BCUT2D eigenvalue weighted by molar-refractivity contribution is -0.132. The van der Waals surface area contributed by atoms with E-state index in [1.54, 1.807) is 18.0 Å². The molecule has 1 aliphatic heterocycles. The summed E-state index contributed by atoms with van der Waals surface area (Å²) in [5.41, 5.74) is 1.90. The Bertz CT molecular complexity index is 562. The number of hydrogen-bond donors (Lipinski definition) is 2. The maximum Gasteiger partial charge on any atom is 0.315 e. The van der Waals surface area contributed by atoms with Crippen LogP contribution >= 0.6 is 0 Å². The van der Waals surface area contributed by atoms with Crippen molar-refractivity contribution in [1.82, 2.24) is 15.5 Å². The number of nitrogens with one attached hydrogen (secondary N) is 2. The van der Waals surface area contributed by atoms with Gasteiger partial charge in [0.15, 0.2) is 0 Å². The number of urea groups is 1. The molecule has 6 heteroatoms. The molecule has 1 aromatic carbocycles. The summed E-state index contributed by atoms with van der Waals surface area (Å²) in [7, 11) is 1.74. The number of hydrogen-bond acceptors (Lipinski definition) is 2. The van der Waals surface area contributed by atoms with E-state index in [1.165, 1.54) is 12.1 Å². The highest BCUT2D eigenvalue weighted by Crippen LogP contribution is 2.11. The molecule has 1 saturated heterocycles. The van der Waals surface area contributed by atoms with Gasteiger partial charge in [-0.2, -0.15) is 0 Å². The summed E-state index contributed by atoms with van der Waals surface area (Å²) < 4.78 is 13.0. The summed E-state index contributed by atoms with van der Waals surface area (Å²) in [6.45, 7) is 2.89. The zero-order chi connectivity index (χ0) is 16.1. The summed E-state index contributed by atoms with van der Waals surface area (Å²) in [4.78, 5) is 24.9. The number of amides is 3. The number of piperidine rings is 1. The number of aryl methyl sites for hydroxylation is 1. The van der Waals surface area contributed by atoms with E-state index in [2.05, 4.69) is 10.6 Å². The Kier molecular flexibility index (Phi) is 5.35. The van der Waals surface area contributed by atoms with E-state index in [0.717, 1.165) is 11.1 Å². The van der Waals surface area contributed by atoms with Crippen molar-refractivity contribution in [2.75, 3.05) is 20.1 Å². The molecular weight excluding hydrogens is 285 g/mol. The van der Waals surface area contributed by atoms with Gasteiger partial charge in [0, 0.05) is 32.6 Å². The first-order valence-corrected chi connectivity index (χ1v) is 7.49. The van der Waals surface area contributed by atoms with E-state index in [1.807, 2.05) is 6.92 Å². The topological polar surface area (TPSA) is 61.4 Å². The van der Waals surface area contributed by atoms with Gasteiger partial charge in [-0.15, -0.1) is 0 Å². The van der Waals surface area contributed by atoms with Crippen LogP contribution in [0.1, 0.15) is 24.0 Å². The Morgan fingerprint density at radius 3 is 2.91 bits per heavy atom. The molecule has 2 rings (SSSR count). The maximum absolute atomic E-state index is 13.0. The molecule has 3 amide bonds. The first kappa shape index (κ1) is 16.3. The van der Waals surface area contributed by atoms with Crippen molar-refractivity contribution in [3.05, 3.63) is 35.1 Å². The van der Waals surface area contributed by atoms with Crippen LogP contribution in [-0.4, -0.2) is 43.0 Å². The average molecular weight is 307 g/mol. The van der Waals surface area contributed by atoms with Crippen molar-refractivity contribution in [3.8, 4) is 0 Å². The molecule has 5 nitrogen and oxygen atoms in total. The van der Waals surface area contributed by atoms with Gasteiger partial charge in [-0.3, -0.25) is 4.79 Å². The third-order valence-electron chi connectivity index (χ3n) is 3.95. The molecule has 1 fully saturated rings. The number of nitrogens with zero attached hydrogens (tertiary/aromatic N) is 1. The van der Waals surface area contributed by atoms with Crippen molar-refractivity contribution in [3.63, 3.8) is 0 Å². The van der Waals surface area contributed by atoms with E-state index in [9.17, 15) is 14.0 Å². The van der Waals surface area contributed by atoms with Crippen LogP contribution in [0, 0.1) is 12.7 Å². The van der Waals surface area contributed by atoms with Gasteiger partial charge in [0.1, 0.15) is 5.82 Å². The molecule has 0 spiro atoms. The van der Waals surface area contributed by atoms with Crippen LogP contribution in [0.15, 0.2) is 18.2 Å². The number of likely N-dealkylation sites (tertiary alicyclic amines) is 1. The molecule has 120 valence electrons. The lowest BCUT2D eigenvalue weighted by atomic mass is 10.1. The van der Waals surface area contributed by atoms with Crippen LogP contribution in [0.25, 0.3) is 0 Å². The van der Waals surface area contributed by atoms with Crippen LogP contribution in [0.4, 0.5) is 9.18 Å². The normalized spacial score (nSPS) is 18.2. The van der Waals surface area contributed by atoms with E-state index < -0.39 is 0 Å². The standard InChI is InChI=1S/C16H22FN3O2/c1-11-9-13(17)4-3-12(11)7-8-18-16(22)19-14-5-6-15(21)20(2)10-14/h3-4,9,14H,5-8,10H2,1-2H3,(H2,18,19,22)/t14-/m0/s1. The second-order valence-corrected chi connectivity index (χ2v) is 5.73. The van der Waals surface area contributed by atoms with Gasteiger partial charge in [-0.25, -0.2) is 9.18 Å². The van der Waals surface area contributed by atoms with Gasteiger partial charge in [0.05, 0.1) is 0 Å². The van der Waals surface area contributed by atoms with Gasteiger partial charge >= 0.3 is 6.03 Å². The Morgan fingerprint density at radius 2 is 2.23 bits per heavy atom. The summed E-state index contributed by atoms with van der Waals surface area (Å²) >= 11 is 0. The fourth-order valence-electron chi connectivity index (χ4n) is 2.62. The second-order valence-electron chi connectivity index (χ2n) is 5.73. The van der Waals surface area contributed by atoms with E-state index in [-0.39, 0.29) is 23.8 Å². The van der Waals surface area contributed by atoms with Crippen molar-refractivity contribution < 1.29 is 14.0 Å². The zero-order valence-electron chi connectivity index (χ0n) is 13.0. The largest absolute Gasteiger partial charge is 0.344 e. The number of carbonyl (C=O) groups is 2. The minimum Gasteiger partial charge on any atom is -0.344 e. The Hall–Kier alpha value is -2.11. The predicted molar refractivity (Wildman–Crippen MR) is 82.0 cm³/mol. The first-order chi connectivity index (χ1) is 10.5. The van der Waals surface area contributed by atoms with Gasteiger partial charge in [-0.05, 0) is 43.0 Å². The number of halogens is 1. The highest BCUT2D eigenvalue weighted by atomic mass is 19.1. The predicted octanol–water partition coefficient (Wildman–Crippen LogP) is 1.60. The van der Waals surface area contributed by atoms with Crippen LogP contribution in [-0.2, 0) is 11.2 Å². The fourth-order valence-corrected chi connectivity index (χ4v) is 2.62. The number of rotatable bonds is 4. The highest BCUT2D eigenvalue weighted by Gasteiger charge is 2.23. The third kappa shape index (κ3) is 4.44. The zero-order valence-corrected chi connectivity index (χ0v) is 13.0. The molecule has 0 aromatic heterocycles. The number of benzene rings is 1. The number of likely N-dealkylation sites (N-methyl/N-ethyl adjacent to an activating group) is 1. The summed E-state index contributed by atoms with van der Waals surface area (Å²) in [5, 5.41) is 5.67. The van der Waals surface area contributed by atoms with Crippen LogP contribution in [0.5, 0.6) is 0 Å². The maximum atomic E-state index is 13.0. The van der Waals surface area contributed by atoms with Crippen molar-refractivity contribution in [2.45, 2.75) is 32.2 Å². The molecule has 1 heterocycles. The van der Waals surface area contributed by atoms with E-state index >= 15 is 0 Å². The highest BCUT2D eigenvalue weighted by molar-refractivity contribution is 5.78. The van der Waals surface area contributed by atoms with Crippen LogP contribution in [0.3, 0.4) is 0 Å². The van der Waals surface area contributed by atoms with E-state index in [4.69, 9.17) is 0 Å². The molecule has 1 aliphatic rings. The van der Waals surface area contributed by atoms with Gasteiger partial charge in [-0.1, -0.05) is 6.07 Å². The molecule has 0 unspecified atom stereocenters. The quantitative estimate of drug-likeness (QED) is 0.887. The van der Waals surface area contributed by atoms with Crippen molar-refractivity contribution in [1.29, 1.82) is 0 Å². The Balaban J connectivity index is 1.73. The second kappa shape index (κ2) is 7.24. The Morgan fingerprint density at radius 1 is 1.45 bits per heavy atom. The van der Waals surface area contributed by atoms with Gasteiger partial charge in [0.2, 0.25) is 5.91 Å². The summed E-state index contributed by atoms with van der Waals surface area (Å²) in [6.07, 6.45) is 1.80. The minimum atomic E-state index is -0.247. The van der Waals surface area contributed by atoms with E-state index in [0.29, 0.717) is 32.4 Å². The minimum absolute atomic E-state index is 0.00439. The molecule has 0 radical (unpaired) electrons.